The summed E-state index contributed by atoms with van der Waals surface area (Å²) in [5.74, 6) is -0.330. The minimum Gasteiger partial charge on any atom is -0.478 e. The highest BCUT2D eigenvalue weighted by atomic mass is 16.4. The Morgan fingerprint density at radius 3 is 2.16 bits per heavy atom. The van der Waals surface area contributed by atoms with Gasteiger partial charge in [-0.1, -0.05) is 40.7 Å². The van der Waals surface area contributed by atoms with Crippen LogP contribution in [0.3, 0.4) is 0 Å². The van der Waals surface area contributed by atoms with E-state index in [4.69, 9.17) is 0 Å². The Bertz CT molecular complexity index is 565. The van der Waals surface area contributed by atoms with E-state index >= 15 is 0 Å². The molecule has 0 heterocycles. The van der Waals surface area contributed by atoms with Crippen molar-refractivity contribution in [3.05, 3.63) is 33.9 Å². The highest BCUT2D eigenvalue weighted by Crippen LogP contribution is 2.55. The number of rotatable bonds is 1. The van der Waals surface area contributed by atoms with Gasteiger partial charge in [0, 0.05) is 0 Å². The molecule has 104 valence electrons. The molecule has 0 aliphatic heterocycles. The first-order chi connectivity index (χ1) is 8.52. The van der Waals surface area contributed by atoms with Gasteiger partial charge in [-0.25, -0.2) is 4.79 Å². The molecule has 1 aromatic rings. The van der Waals surface area contributed by atoms with E-state index in [9.17, 15) is 9.90 Å². The molecule has 1 aliphatic rings. The second-order valence-electron chi connectivity index (χ2n) is 7.09. The molecular weight excluding hydrogens is 236 g/mol. The van der Waals surface area contributed by atoms with E-state index in [-0.39, 0.29) is 10.8 Å². The summed E-state index contributed by atoms with van der Waals surface area (Å²) < 4.78 is 0. The van der Waals surface area contributed by atoms with Crippen molar-refractivity contribution in [3.8, 4) is 0 Å². The third-order valence-electron chi connectivity index (χ3n) is 5.49. The Morgan fingerprint density at radius 1 is 1.16 bits per heavy atom. The Kier molecular flexibility index (Phi) is 2.85. The van der Waals surface area contributed by atoms with Gasteiger partial charge in [-0.3, -0.25) is 0 Å². The van der Waals surface area contributed by atoms with Gasteiger partial charge in [0.1, 0.15) is 0 Å². The van der Waals surface area contributed by atoms with Crippen LogP contribution in [-0.4, -0.2) is 11.1 Å². The van der Waals surface area contributed by atoms with E-state index in [1.165, 1.54) is 11.1 Å². The van der Waals surface area contributed by atoms with Crippen molar-refractivity contribution in [2.75, 3.05) is 0 Å². The lowest BCUT2D eigenvalue weighted by Crippen LogP contribution is -2.31. The first-order valence-corrected chi connectivity index (χ1v) is 6.91. The molecule has 1 N–H and O–H groups in total. The van der Waals surface area contributed by atoms with Crippen molar-refractivity contribution in [1.29, 1.82) is 0 Å². The molecule has 1 unspecified atom stereocenters. The van der Waals surface area contributed by atoms with Crippen LogP contribution in [0.2, 0.25) is 0 Å². The maximum Gasteiger partial charge on any atom is 0.336 e. The molecule has 0 radical (unpaired) electrons. The third-order valence-corrected chi connectivity index (χ3v) is 5.49. The predicted octanol–water partition coefficient (Wildman–Crippen LogP) is 4.21. The van der Waals surface area contributed by atoms with Crippen molar-refractivity contribution in [2.24, 2.45) is 5.92 Å². The van der Waals surface area contributed by atoms with E-state index in [1.807, 2.05) is 13.8 Å². The fourth-order valence-corrected chi connectivity index (χ4v) is 4.00. The number of aryl methyl sites for hydroxylation is 1. The van der Waals surface area contributed by atoms with E-state index < -0.39 is 5.97 Å². The molecule has 1 aliphatic carbocycles. The van der Waals surface area contributed by atoms with Crippen molar-refractivity contribution >= 4 is 5.97 Å². The third kappa shape index (κ3) is 1.65. The second kappa shape index (κ2) is 3.84. The van der Waals surface area contributed by atoms with E-state index in [2.05, 4.69) is 40.7 Å². The Hall–Kier alpha value is -1.31. The first-order valence-electron chi connectivity index (χ1n) is 6.91. The topological polar surface area (TPSA) is 37.3 Å². The van der Waals surface area contributed by atoms with Crippen LogP contribution in [0.15, 0.2) is 6.07 Å². The van der Waals surface area contributed by atoms with Crippen molar-refractivity contribution in [3.63, 3.8) is 0 Å². The zero-order valence-electron chi connectivity index (χ0n) is 13.0. The molecule has 0 aromatic heterocycles. The number of hydrogen-bond donors (Lipinski definition) is 1. The van der Waals surface area contributed by atoms with Gasteiger partial charge in [-0.2, -0.15) is 0 Å². The van der Waals surface area contributed by atoms with Crippen molar-refractivity contribution < 1.29 is 9.90 Å². The number of fused-ring (bicyclic) bond motifs is 1. The van der Waals surface area contributed by atoms with E-state index in [1.54, 1.807) is 0 Å². The highest BCUT2D eigenvalue weighted by Gasteiger charge is 2.49. The lowest BCUT2D eigenvalue weighted by molar-refractivity contribution is 0.0695. The maximum absolute atomic E-state index is 11.5. The summed E-state index contributed by atoms with van der Waals surface area (Å²) >= 11 is 0. The Balaban J connectivity index is 2.89. The lowest BCUT2D eigenvalue weighted by atomic mass is 9.71. The summed E-state index contributed by atoms with van der Waals surface area (Å²) in [4.78, 5) is 11.5. The van der Waals surface area contributed by atoms with Crippen LogP contribution in [-0.2, 0) is 10.8 Å². The lowest BCUT2D eigenvalue weighted by Gasteiger charge is -2.33. The average molecular weight is 260 g/mol. The number of carbonyl (C=O) groups is 1. The quantitative estimate of drug-likeness (QED) is 0.821. The molecule has 0 fully saturated rings. The number of hydrogen-bond acceptors (Lipinski definition) is 1. The molecule has 19 heavy (non-hydrogen) atoms. The smallest absolute Gasteiger partial charge is 0.336 e. The van der Waals surface area contributed by atoms with E-state index in [0.29, 0.717) is 11.5 Å². The van der Waals surface area contributed by atoms with Gasteiger partial charge in [0.15, 0.2) is 0 Å². The van der Waals surface area contributed by atoms with Gasteiger partial charge >= 0.3 is 5.97 Å². The zero-order chi connectivity index (χ0) is 14.7. The first kappa shape index (κ1) is 14.1. The van der Waals surface area contributed by atoms with Crippen LogP contribution in [0.4, 0.5) is 0 Å². The van der Waals surface area contributed by atoms with Crippen molar-refractivity contribution in [1.82, 2.24) is 0 Å². The molecule has 1 atom stereocenters. The summed E-state index contributed by atoms with van der Waals surface area (Å²) in [6.07, 6.45) is 0. The number of aromatic carboxylic acids is 1. The second-order valence-corrected chi connectivity index (χ2v) is 7.09. The average Bonchev–Trinajstić information content (AvgIpc) is 2.37. The maximum atomic E-state index is 11.5. The van der Waals surface area contributed by atoms with Gasteiger partial charge in [-0.15, -0.1) is 0 Å². The van der Waals surface area contributed by atoms with Gasteiger partial charge in [0.25, 0.3) is 0 Å². The fraction of sp³-hybridized carbons (Fsp3) is 0.588. The minimum absolute atomic E-state index is 0.0147. The summed E-state index contributed by atoms with van der Waals surface area (Å²) in [6.45, 7) is 15.1. The van der Waals surface area contributed by atoms with E-state index in [0.717, 1.165) is 11.1 Å². The molecule has 2 heteroatoms. The zero-order valence-corrected chi connectivity index (χ0v) is 13.0. The normalized spacial score (nSPS) is 23.2. The van der Waals surface area contributed by atoms with Crippen molar-refractivity contribution in [2.45, 2.75) is 59.3 Å². The summed E-state index contributed by atoms with van der Waals surface area (Å²) in [7, 11) is 0. The number of carboxylic acid groups (broad SMARTS) is 1. The minimum atomic E-state index is -0.814. The summed E-state index contributed by atoms with van der Waals surface area (Å²) in [5.41, 5.74) is 4.98. The molecule has 0 saturated carbocycles. The van der Waals surface area contributed by atoms with Gasteiger partial charge in [0.05, 0.1) is 5.56 Å². The fourth-order valence-electron chi connectivity index (χ4n) is 4.00. The van der Waals surface area contributed by atoms with Crippen LogP contribution in [0, 0.1) is 19.8 Å². The monoisotopic (exact) mass is 260 g/mol. The highest BCUT2D eigenvalue weighted by molar-refractivity contribution is 5.92. The predicted molar refractivity (Wildman–Crippen MR) is 78.1 cm³/mol. The summed E-state index contributed by atoms with van der Waals surface area (Å²) in [5, 5.41) is 9.44. The Labute approximate surface area is 115 Å². The van der Waals surface area contributed by atoms with Crippen LogP contribution < -0.4 is 0 Å². The van der Waals surface area contributed by atoms with Crippen LogP contribution >= 0.6 is 0 Å². The van der Waals surface area contributed by atoms with Gasteiger partial charge < -0.3 is 5.11 Å². The van der Waals surface area contributed by atoms with Crippen LogP contribution in [0.25, 0.3) is 0 Å². The molecule has 0 amide bonds. The van der Waals surface area contributed by atoms with Gasteiger partial charge in [0.2, 0.25) is 0 Å². The summed E-state index contributed by atoms with van der Waals surface area (Å²) in [6, 6.07) is 2.09. The molecule has 0 bridgehead atoms. The molecule has 2 nitrogen and oxygen atoms in total. The number of carboxylic acids is 1. The van der Waals surface area contributed by atoms with Crippen LogP contribution in [0.1, 0.15) is 67.2 Å². The van der Waals surface area contributed by atoms with Gasteiger partial charge in [-0.05, 0) is 52.8 Å². The number of benzene rings is 1. The largest absolute Gasteiger partial charge is 0.478 e. The Morgan fingerprint density at radius 2 is 1.68 bits per heavy atom. The molecule has 0 spiro atoms. The standard InChI is InChI=1S/C17H24O2/c1-9-8-12-14(10(2)13(9)15(18)19)17(6,7)11(3)16(12,4)5/h8,11H,1-7H3,(H,18,19). The molecule has 1 aromatic carbocycles. The molecule has 0 saturated heterocycles. The molecular formula is C17H24O2. The molecule has 2 rings (SSSR count). The van der Waals surface area contributed by atoms with Crippen LogP contribution in [0.5, 0.6) is 0 Å². The SMILES string of the molecule is Cc1cc2c(c(C)c1C(=O)O)C(C)(C)C(C)C2(C)C.